The molecule has 58 heavy (non-hydrogen) atoms. The molecular formula is C56H42N2. The van der Waals surface area contributed by atoms with E-state index in [1.807, 2.05) is 12.2 Å². The zero-order chi connectivity index (χ0) is 39.1. The number of anilines is 3. The van der Waals surface area contributed by atoms with Crippen LogP contribution in [0.5, 0.6) is 0 Å². The Bertz CT molecular complexity index is 3010. The van der Waals surface area contributed by atoms with Gasteiger partial charge in [0.05, 0.1) is 22.1 Å². The van der Waals surface area contributed by atoms with Crippen molar-refractivity contribution in [3.8, 4) is 27.9 Å². The summed E-state index contributed by atoms with van der Waals surface area (Å²) in [6, 6.07) is 72.8. The average Bonchev–Trinajstić information content (AvgIpc) is 3.79. The number of hydrogen-bond donors (Lipinski definition) is 0. The van der Waals surface area contributed by atoms with E-state index in [0.29, 0.717) is 0 Å². The fourth-order valence-electron chi connectivity index (χ4n) is 9.46. The molecule has 0 aliphatic heterocycles. The maximum absolute atomic E-state index is 3.92. The maximum Gasteiger partial charge on any atom is 0.0674 e. The third-order valence-corrected chi connectivity index (χ3v) is 11.8. The van der Waals surface area contributed by atoms with Crippen molar-refractivity contribution in [3.63, 3.8) is 0 Å². The van der Waals surface area contributed by atoms with Crippen molar-refractivity contribution in [2.75, 3.05) is 4.90 Å². The van der Waals surface area contributed by atoms with Crippen molar-refractivity contribution in [1.29, 1.82) is 0 Å². The average molecular weight is 743 g/mol. The lowest BCUT2D eigenvalue weighted by Gasteiger charge is -2.34. The van der Waals surface area contributed by atoms with Gasteiger partial charge in [0.15, 0.2) is 0 Å². The van der Waals surface area contributed by atoms with Gasteiger partial charge in [-0.05, 0) is 100 Å². The molecule has 276 valence electrons. The molecule has 2 heteroatoms. The molecule has 0 N–H and O–H groups in total. The first kappa shape index (κ1) is 35.0. The second-order valence-corrected chi connectivity index (χ2v) is 14.9. The molecule has 1 aliphatic rings. The smallest absolute Gasteiger partial charge is 0.0674 e. The Morgan fingerprint density at radius 2 is 1.14 bits per heavy atom. The van der Waals surface area contributed by atoms with Gasteiger partial charge in [-0.15, -0.1) is 0 Å². The summed E-state index contributed by atoms with van der Waals surface area (Å²) in [7, 11) is 0. The predicted octanol–water partition coefficient (Wildman–Crippen LogP) is 14.9. The summed E-state index contributed by atoms with van der Waals surface area (Å²) in [6.45, 7) is 6.18. The van der Waals surface area contributed by atoms with Crippen LogP contribution in [0.3, 0.4) is 0 Å². The summed E-state index contributed by atoms with van der Waals surface area (Å²) in [6.07, 6.45) is 8.19. The van der Waals surface area contributed by atoms with Crippen molar-refractivity contribution >= 4 is 38.9 Å². The Morgan fingerprint density at radius 3 is 1.91 bits per heavy atom. The standard InChI is InChI=1S/C56H42N2/c1-3-4-8-21-40(2)56(42-22-9-5-10-23-42)49-31-17-15-28-47(49)54-46(30-19-32-50(54)56)41-36-38-45(39-37-41)57(43-24-11-6-12-25-43)52-34-20-35-53-55(52)48-29-16-18-33-51(48)58(53)44-26-13-7-14-27-44/h3-39H,1H2,2H3/b8-4-,40-21+. The lowest BCUT2D eigenvalue weighted by Crippen LogP contribution is -2.28. The highest BCUT2D eigenvalue weighted by atomic mass is 15.1. The molecule has 0 bridgehead atoms. The zero-order valence-electron chi connectivity index (χ0n) is 32.5. The van der Waals surface area contributed by atoms with Gasteiger partial charge in [-0.2, -0.15) is 0 Å². The van der Waals surface area contributed by atoms with Gasteiger partial charge >= 0.3 is 0 Å². The van der Waals surface area contributed by atoms with Gasteiger partial charge in [0, 0.05) is 27.8 Å². The van der Waals surface area contributed by atoms with Crippen molar-refractivity contribution in [2.45, 2.75) is 12.3 Å². The quantitative estimate of drug-likeness (QED) is 0.134. The zero-order valence-corrected chi connectivity index (χ0v) is 32.5. The minimum atomic E-state index is -0.448. The minimum Gasteiger partial charge on any atom is -0.310 e. The van der Waals surface area contributed by atoms with Gasteiger partial charge < -0.3 is 9.47 Å². The molecule has 0 spiro atoms. The van der Waals surface area contributed by atoms with Crippen LogP contribution in [0.25, 0.3) is 49.7 Å². The highest BCUT2D eigenvalue weighted by molar-refractivity contribution is 6.16. The number of aromatic nitrogens is 1. The molecule has 10 rings (SSSR count). The van der Waals surface area contributed by atoms with Crippen LogP contribution in [0.1, 0.15) is 23.6 Å². The van der Waals surface area contributed by atoms with Gasteiger partial charge in [-0.1, -0.05) is 182 Å². The van der Waals surface area contributed by atoms with E-state index in [2.05, 4.69) is 235 Å². The van der Waals surface area contributed by atoms with Gasteiger partial charge in [0.25, 0.3) is 0 Å². The maximum atomic E-state index is 3.92. The van der Waals surface area contributed by atoms with E-state index in [0.717, 1.165) is 22.7 Å². The van der Waals surface area contributed by atoms with Gasteiger partial charge in [-0.3, -0.25) is 0 Å². The Hall–Kier alpha value is -7.42. The number of para-hydroxylation sites is 3. The number of benzene rings is 8. The van der Waals surface area contributed by atoms with Gasteiger partial charge in [0.2, 0.25) is 0 Å². The van der Waals surface area contributed by atoms with E-state index in [1.54, 1.807) is 0 Å². The van der Waals surface area contributed by atoms with Crippen LogP contribution in [0.15, 0.2) is 237 Å². The number of hydrogen-bond acceptors (Lipinski definition) is 1. The van der Waals surface area contributed by atoms with E-state index in [1.165, 1.54) is 66.3 Å². The van der Waals surface area contributed by atoms with E-state index < -0.39 is 5.41 Å². The third-order valence-electron chi connectivity index (χ3n) is 11.8. The molecular weight excluding hydrogens is 701 g/mol. The van der Waals surface area contributed by atoms with Gasteiger partial charge in [0.1, 0.15) is 0 Å². The summed E-state index contributed by atoms with van der Waals surface area (Å²) in [4.78, 5) is 2.41. The summed E-state index contributed by atoms with van der Waals surface area (Å²) in [5.74, 6) is 0. The molecule has 2 nitrogen and oxygen atoms in total. The highest BCUT2D eigenvalue weighted by Crippen LogP contribution is 2.58. The Morgan fingerprint density at radius 1 is 0.534 bits per heavy atom. The number of nitrogens with zero attached hydrogens (tertiary/aromatic N) is 2. The van der Waals surface area contributed by atoms with Crippen molar-refractivity contribution < 1.29 is 0 Å². The fourth-order valence-corrected chi connectivity index (χ4v) is 9.46. The SMILES string of the molecule is C=C/C=C\C=C(/C)C1(c2ccccc2)c2ccccc2-c2c(-c3ccc(N(c4ccccc4)c4cccc5c4c4ccccc4n5-c4ccccc4)cc3)cccc21. The third kappa shape index (κ3) is 5.49. The molecule has 0 amide bonds. The molecule has 1 aliphatic carbocycles. The molecule has 0 radical (unpaired) electrons. The van der Waals surface area contributed by atoms with E-state index in [9.17, 15) is 0 Å². The van der Waals surface area contributed by atoms with Crippen molar-refractivity contribution in [3.05, 3.63) is 253 Å². The Kier molecular flexibility index (Phi) is 8.81. The molecule has 1 atom stereocenters. The first-order valence-corrected chi connectivity index (χ1v) is 20.0. The number of allylic oxidation sites excluding steroid dienone is 5. The van der Waals surface area contributed by atoms with Crippen LogP contribution in [0.2, 0.25) is 0 Å². The second kappa shape index (κ2) is 14.6. The summed E-state index contributed by atoms with van der Waals surface area (Å²) in [5, 5.41) is 2.44. The van der Waals surface area contributed by atoms with Crippen molar-refractivity contribution in [1.82, 2.24) is 4.57 Å². The number of rotatable bonds is 9. The topological polar surface area (TPSA) is 8.17 Å². The summed E-state index contributed by atoms with van der Waals surface area (Å²) < 4.78 is 2.39. The summed E-state index contributed by atoms with van der Waals surface area (Å²) in [5.41, 5.74) is 16.5. The first-order valence-electron chi connectivity index (χ1n) is 20.0. The lowest BCUT2D eigenvalue weighted by atomic mass is 9.67. The Labute approximate surface area is 340 Å². The van der Waals surface area contributed by atoms with Crippen molar-refractivity contribution in [2.24, 2.45) is 0 Å². The van der Waals surface area contributed by atoms with Crippen LogP contribution < -0.4 is 4.90 Å². The second-order valence-electron chi connectivity index (χ2n) is 14.9. The Balaban J connectivity index is 1.16. The highest BCUT2D eigenvalue weighted by Gasteiger charge is 2.46. The molecule has 8 aromatic carbocycles. The van der Waals surface area contributed by atoms with Crippen LogP contribution in [0, 0.1) is 0 Å². The first-order chi connectivity index (χ1) is 28.7. The molecule has 0 saturated heterocycles. The predicted molar refractivity (Wildman–Crippen MR) is 246 cm³/mol. The normalized spacial score (nSPS) is 14.8. The number of fused-ring (bicyclic) bond motifs is 6. The lowest BCUT2D eigenvalue weighted by molar-refractivity contribution is 0.746. The largest absolute Gasteiger partial charge is 0.310 e. The van der Waals surface area contributed by atoms with Crippen LogP contribution in [-0.2, 0) is 5.41 Å². The molecule has 9 aromatic rings. The van der Waals surface area contributed by atoms with Crippen LogP contribution in [0.4, 0.5) is 17.1 Å². The summed E-state index contributed by atoms with van der Waals surface area (Å²) >= 11 is 0. The molecule has 0 fully saturated rings. The van der Waals surface area contributed by atoms with E-state index in [-0.39, 0.29) is 0 Å². The van der Waals surface area contributed by atoms with Gasteiger partial charge in [-0.25, -0.2) is 0 Å². The fraction of sp³-hybridized carbons (Fsp3) is 0.0357. The molecule has 1 aromatic heterocycles. The molecule has 0 saturated carbocycles. The monoisotopic (exact) mass is 742 g/mol. The molecule has 1 heterocycles. The van der Waals surface area contributed by atoms with E-state index in [4.69, 9.17) is 0 Å². The molecule has 1 unspecified atom stereocenters. The van der Waals surface area contributed by atoms with E-state index >= 15 is 0 Å². The minimum absolute atomic E-state index is 0.448. The van der Waals surface area contributed by atoms with Crippen LogP contribution in [-0.4, -0.2) is 4.57 Å². The van der Waals surface area contributed by atoms with Crippen LogP contribution >= 0.6 is 0 Å².